The molecule has 0 radical (unpaired) electrons. The van der Waals surface area contributed by atoms with Crippen LogP contribution in [0.3, 0.4) is 0 Å². The van der Waals surface area contributed by atoms with E-state index in [4.69, 9.17) is 0 Å². The quantitative estimate of drug-likeness (QED) is 0.161. The summed E-state index contributed by atoms with van der Waals surface area (Å²) in [5.41, 5.74) is 6.72. The molecule has 2 aromatic heterocycles. The van der Waals surface area contributed by atoms with Gasteiger partial charge in [0, 0.05) is 72.8 Å². The molecule has 0 unspecified atom stereocenters. The van der Waals surface area contributed by atoms with Gasteiger partial charge < -0.3 is 20.4 Å². The summed E-state index contributed by atoms with van der Waals surface area (Å²) in [5, 5.41) is 37.8. The second-order valence-electron chi connectivity index (χ2n) is 10.7. The molecule has 2 aromatic carbocycles. The average molecular weight is 877 g/mol. The van der Waals surface area contributed by atoms with Gasteiger partial charge in [-0.05, 0) is 48.5 Å². The van der Waals surface area contributed by atoms with E-state index in [2.05, 4.69) is 20.0 Å². The molecule has 2 aliphatic carbocycles. The van der Waals surface area contributed by atoms with Crippen LogP contribution in [0.5, 0.6) is 11.5 Å². The van der Waals surface area contributed by atoms with E-state index in [1.807, 2.05) is 220 Å². The lowest BCUT2D eigenvalue weighted by Crippen LogP contribution is -1.86. The van der Waals surface area contributed by atoms with E-state index in [9.17, 15) is 20.4 Å². The summed E-state index contributed by atoms with van der Waals surface area (Å²) < 4.78 is 0. The molecule has 8 nitrogen and oxygen atoms in total. The number of aliphatic hydroxyl groups excluding tert-OH is 2. The Balaban J connectivity index is -0.000000339. The number of rotatable bonds is 4. The van der Waals surface area contributed by atoms with Crippen molar-refractivity contribution in [3.63, 3.8) is 0 Å². The van der Waals surface area contributed by atoms with Gasteiger partial charge in [-0.15, -0.1) is 0 Å². The number of nitrogens with zero attached hydrogens (tertiary/aromatic N) is 4. The van der Waals surface area contributed by atoms with Crippen LogP contribution in [0.4, 0.5) is 0 Å². The zero-order valence-electron chi connectivity index (χ0n) is 42.3. The minimum atomic E-state index is 0.265. The summed E-state index contributed by atoms with van der Waals surface area (Å²) in [6, 6.07) is 25.7. The summed E-state index contributed by atoms with van der Waals surface area (Å²) in [5.74, 6) is 1.41. The van der Waals surface area contributed by atoms with E-state index >= 15 is 0 Å². The van der Waals surface area contributed by atoms with Gasteiger partial charge in [-0.3, -0.25) is 20.0 Å². The molecule has 8 rings (SSSR count). The van der Waals surface area contributed by atoms with Gasteiger partial charge in [0.1, 0.15) is 23.0 Å². The molecule has 4 N–H and O–H groups in total. The lowest BCUT2D eigenvalue weighted by atomic mass is 10.1. The van der Waals surface area contributed by atoms with E-state index in [-0.39, 0.29) is 5.75 Å². The van der Waals surface area contributed by atoms with E-state index in [0.29, 0.717) is 30.1 Å². The number of hydrogen-bond acceptors (Lipinski definition) is 8. The fourth-order valence-corrected chi connectivity index (χ4v) is 4.98. The first-order valence-electron chi connectivity index (χ1n) is 23.5. The molecule has 0 fully saturated rings. The largest absolute Gasteiger partial charge is 0.511 e. The van der Waals surface area contributed by atoms with Crippen LogP contribution in [-0.4, -0.2) is 42.8 Å². The molecule has 4 aromatic rings. The minimum absolute atomic E-state index is 0.265. The van der Waals surface area contributed by atoms with Gasteiger partial charge in [-0.25, -0.2) is 0 Å². The van der Waals surface area contributed by atoms with Crippen molar-refractivity contribution in [2.24, 2.45) is 9.98 Å². The number of aromatic nitrogens is 2. The first-order chi connectivity index (χ1) is 31.5. The van der Waals surface area contributed by atoms with E-state index < -0.39 is 0 Å². The third-order valence-corrected chi connectivity index (χ3v) is 7.35. The van der Waals surface area contributed by atoms with Gasteiger partial charge >= 0.3 is 0 Å². The van der Waals surface area contributed by atoms with Crippen LogP contribution < -0.4 is 0 Å². The minimum Gasteiger partial charge on any atom is -0.511 e. The van der Waals surface area contributed by atoms with Crippen LogP contribution in [0.25, 0.3) is 22.5 Å². The lowest BCUT2D eigenvalue weighted by Gasteiger charge is -2.01. The Morgan fingerprint density at radius 3 is 1.12 bits per heavy atom. The Morgan fingerprint density at radius 1 is 0.391 bits per heavy atom. The second kappa shape index (κ2) is 46.2. The zero-order valence-corrected chi connectivity index (χ0v) is 42.3. The highest BCUT2D eigenvalue weighted by Gasteiger charge is 2.13. The normalized spacial score (nSPS) is 12.2. The van der Waals surface area contributed by atoms with Crippen molar-refractivity contribution in [3.05, 3.63) is 168 Å². The average Bonchev–Trinajstić information content (AvgIpc) is 4.26. The monoisotopic (exact) mass is 877 g/mol. The molecule has 64 heavy (non-hydrogen) atoms. The second-order valence-corrected chi connectivity index (χ2v) is 10.7. The smallest absolute Gasteiger partial charge is 0.124 e. The molecule has 0 saturated carbocycles. The Labute approximate surface area is 389 Å². The summed E-state index contributed by atoms with van der Waals surface area (Å²) >= 11 is 0. The maximum Gasteiger partial charge on any atom is 0.124 e. The predicted octanol–water partition coefficient (Wildman–Crippen LogP) is 17.3. The van der Waals surface area contributed by atoms with Gasteiger partial charge in [0.05, 0.1) is 22.8 Å². The van der Waals surface area contributed by atoms with Crippen LogP contribution in [0.2, 0.25) is 0 Å². The molecule has 0 saturated heterocycles. The molecule has 2 aliphatic heterocycles. The van der Waals surface area contributed by atoms with Gasteiger partial charge in [0.2, 0.25) is 0 Å². The van der Waals surface area contributed by atoms with Crippen LogP contribution >= 0.6 is 0 Å². The van der Waals surface area contributed by atoms with E-state index in [1.54, 1.807) is 36.7 Å². The number of para-hydroxylation sites is 2. The van der Waals surface area contributed by atoms with Crippen LogP contribution in [0.15, 0.2) is 167 Å². The Kier molecular flexibility index (Phi) is 46.5. The number of aliphatic imine (C=N–C) groups is 2. The summed E-state index contributed by atoms with van der Waals surface area (Å²) in [6.07, 6.45) is 21.9. The number of allylic oxidation sites excluding steroid dienone is 7. The van der Waals surface area contributed by atoms with E-state index in [1.165, 1.54) is 0 Å². The number of aromatic hydroxyl groups is 2. The standard InChI is InChI=1S/C11H9NO.2C10H9NO.C9H9NO.8C2H6/c13-11-7-2-1-5-9(11)10-6-3-4-8-12-10;12-10-6-3-4-8(10)9-5-1-2-7-11-9;12-10-6-2-1-4-8(10)9-5-3-7-11-9;11-9-5-1-3-7(9)8-4-2-6-10-8;8*1-2/h1-8,13H;1-5,7,12H,6H2;1-2,4-7,12H,3H2;1,3-4,6,11H,2,5H2;8*1-2H3. The van der Waals surface area contributed by atoms with Crippen molar-refractivity contribution in [1.29, 1.82) is 0 Å². The highest BCUT2D eigenvalue weighted by Crippen LogP contribution is 2.29. The molecule has 0 amide bonds. The lowest BCUT2D eigenvalue weighted by molar-refractivity contribution is 0.400. The SMILES string of the molecule is CC.CC.CC.CC.CC.CC.CC.CC.OC1=C(C2=CCC=N2)C=CC1.OC1=C(c2ccccn2)C=CC1.Oc1ccccc1-c1ccccn1.Oc1ccccc1C1=CCC=N1. The Bertz CT molecular complexity index is 1960. The summed E-state index contributed by atoms with van der Waals surface area (Å²) in [4.78, 5) is 16.6. The molecule has 4 heterocycles. The van der Waals surface area contributed by atoms with Crippen molar-refractivity contribution in [2.75, 3.05) is 0 Å². The third-order valence-electron chi connectivity index (χ3n) is 7.35. The first kappa shape index (κ1) is 64.3. The molecular formula is C56H84N4O4. The van der Waals surface area contributed by atoms with Crippen molar-refractivity contribution in [3.8, 4) is 22.8 Å². The van der Waals surface area contributed by atoms with Crippen molar-refractivity contribution in [1.82, 2.24) is 9.97 Å². The maximum atomic E-state index is 9.52. The first-order valence-corrected chi connectivity index (χ1v) is 23.5. The fourth-order valence-electron chi connectivity index (χ4n) is 4.98. The third kappa shape index (κ3) is 25.0. The van der Waals surface area contributed by atoms with Crippen molar-refractivity contribution < 1.29 is 20.4 Å². The molecule has 0 atom stereocenters. The van der Waals surface area contributed by atoms with Crippen LogP contribution in [0.1, 0.15) is 148 Å². The van der Waals surface area contributed by atoms with Gasteiger partial charge in [0.15, 0.2) is 0 Å². The van der Waals surface area contributed by atoms with Gasteiger partial charge in [0.25, 0.3) is 0 Å². The molecule has 0 bridgehead atoms. The Hall–Kier alpha value is -6.28. The van der Waals surface area contributed by atoms with Crippen molar-refractivity contribution >= 4 is 23.7 Å². The summed E-state index contributed by atoms with van der Waals surface area (Å²) in [7, 11) is 0. The van der Waals surface area contributed by atoms with Crippen LogP contribution in [0, 0.1) is 0 Å². The highest BCUT2D eigenvalue weighted by atomic mass is 16.3. The fraction of sp³-hybridized carbons (Fsp3) is 0.357. The molecular weight excluding hydrogens is 793 g/mol. The number of phenols is 2. The van der Waals surface area contributed by atoms with E-state index in [0.717, 1.165) is 57.9 Å². The molecule has 0 spiro atoms. The summed E-state index contributed by atoms with van der Waals surface area (Å²) in [6.45, 7) is 32.0. The predicted molar refractivity (Wildman–Crippen MR) is 283 cm³/mol. The number of hydrogen-bond donors (Lipinski definition) is 4. The highest BCUT2D eigenvalue weighted by molar-refractivity contribution is 5.82. The number of pyridine rings is 2. The molecule has 352 valence electrons. The van der Waals surface area contributed by atoms with Crippen molar-refractivity contribution in [2.45, 2.75) is 136 Å². The zero-order chi connectivity index (χ0) is 49.6. The van der Waals surface area contributed by atoms with Crippen LogP contribution in [-0.2, 0) is 0 Å². The maximum absolute atomic E-state index is 9.52. The number of phenolic OH excluding ortho intramolecular Hbond substituents is 2. The number of aliphatic hydroxyl groups is 2. The van der Waals surface area contributed by atoms with Gasteiger partial charge in [-0.2, -0.15) is 0 Å². The van der Waals surface area contributed by atoms with Gasteiger partial charge in [-0.1, -0.05) is 184 Å². The molecule has 4 aliphatic rings. The number of benzene rings is 2. The topological polar surface area (TPSA) is 131 Å². The Morgan fingerprint density at radius 2 is 0.766 bits per heavy atom. The molecule has 8 heteroatoms.